The van der Waals surface area contributed by atoms with Crippen molar-refractivity contribution in [3.05, 3.63) is 18.1 Å². The van der Waals surface area contributed by atoms with E-state index in [0.29, 0.717) is 19.0 Å². The third-order valence-electron chi connectivity index (χ3n) is 2.83. The van der Waals surface area contributed by atoms with Crippen molar-refractivity contribution in [2.24, 2.45) is 0 Å². The van der Waals surface area contributed by atoms with Crippen molar-refractivity contribution in [2.45, 2.75) is 45.1 Å². The Bertz CT molecular complexity index is 404. The highest BCUT2D eigenvalue weighted by Gasteiger charge is 2.22. The molecule has 18 heavy (non-hydrogen) atoms. The van der Waals surface area contributed by atoms with E-state index in [4.69, 9.17) is 0 Å². The summed E-state index contributed by atoms with van der Waals surface area (Å²) in [6, 6.07) is 2.38. The number of anilines is 1. The van der Waals surface area contributed by atoms with Gasteiger partial charge in [0.15, 0.2) is 0 Å². The first-order chi connectivity index (χ1) is 8.78. The highest BCUT2D eigenvalue weighted by atomic mass is 16.1. The second kappa shape index (κ2) is 6.33. The monoisotopic (exact) mass is 248 g/mol. The van der Waals surface area contributed by atoms with Gasteiger partial charge in [0.25, 0.3) is 0 Å². The zero-order valence-corrected chi connectivity index (χ0v) is 10.8. The maximum Gasteiger partial charge on any atom is 0.221 e. The molecule has 0 atom stereocenters. The summed E-state index contributed by atoms with van der Waals surface area (Å²) in [6.45, 7) is 2.73. The van der Waals surface area contributed by atoms with Crippen LogP contribution in [0.5, 0.6) is 0 Å². The standard InChI is InChI=1S/C13H20N4O/c1-2-3-11-8-12(16-9-15-11)14-7-6-13(18)17-10-4-5-10/h8-10H,2-7H2,1H3,(H,17,18)(H,14,15,16). The van der Waals surface area contributed by atoms with Crippen LogP contribution in [0, 0.1) is 0 Å². The van der Waals surface area contributed by atoms with Gasteiger partial charge >= 0.3 is 0 Å². The van der Waals surface area contributed by atoms with Gasteiger partial charge in [-0.1, -0.05) is 13.3 Å². The number of nitrogens with zero attached hydrogens (tertiary/aromatic N) is 2. The normalized spacial score (nSPS) is 14.3. The van der Waals surface area contributed by atoms with Gasteiger partial charge in [0.05, 0.1) is 0 Å². The first kappa shape index (κ1) is 12.8. The summed E-state index contributed by atoms with van der Waals surface area (Å²) in [5, 5.41) is 6.12. The average Bonchev–Trinajstić information content (AvgIpc) is 3.14. The first-order valence-corrected chi connectivity index (χ1v) is 6.62. The predicted octanol–water partition coefficient (Wildman–Crippen LogP) is 1.51. The number of rotatable bonds is 7. The second-order valence-electron chi connectivity index (χ2n) is 4.66. The molecule has 0 unspecified atom stereocenters. The Balaban J connectivity index is 1.71. The number of amides is 1. The lowest BCUT2D eigenvalue weighted by atomic mass is 10.2. The summed E-state index contributed by atoms with van der Waals surface area (Å²) in [5.41, 5.74) is 1.04. The van der Waals surface area contributed by atoms with Gasteiger partial charge in [0.2, 0.25) is 5.91 Å². The van der Waals surface area contributed by atoms with Crippen LogP contribution in [0.4, 0.5) is 5.82 Å². The molecule has 1 heterocycles. The number of hydrogen-bond donors (Lipinski definition) is 2. The summed E-state index contributed by atoms with van der Waals surface area (Å²) in [6.07, 6.45) is 6.34. The molecule has 1 aliphatic carbocycles. The molecule has 1 aromatic heterocycles. The quantitative estimate of drug-likeness (QED) is 0.767. The lowest BCUT2D eigenvalue weighted by Gasteiger charge is -2.07. The van der Waals surface area contributed by atoms with E-state index in [1.165, 1.54) is 0 Å². The summed E-state index contributed by atoms with van der Waals surface area (Å²) in [7, 11) is 0. The van der Waals surface area contributed by atoms with Gasteiger partial charge < -0.3 is 10.6 Å². The zero-order chi connectivity index (χ0) is 12.8. The molecule has 1 amide bonds. The third-order valence-corrected chi connectivity index (χ3v) is 2.83. The predicted molar refractivity (Wildman–Crippen MR) is 70.3 cm³/mol. The van der Waals surface area contributed by atoms with Gasteiger partial charge in [-0.05, 0) is 19.3 Å². The summed E-state index contributed by atoms with van der Waals surface area (Å²) >= 11 is 0. The number of carbonyl (C=O) groups is 1. The number of aryl methyl sites for hydroxylation is 1. The van der Waals surface area contributed by atoms with E-state index in [2.05, 4.69) is 27.5 Å². The Morgan fingerprint density at radius 1 is 1.44 bits per heavy atom. The third kappa shape index (κ3) is 4.31. The molecule has 0 aliphatic heterocycles. The summed E-state index contributed by atoms with van der Waals surface area (Å²) in [5.74, 6) is 0.917. The van der Waals surface area contributed by atoms with Gasteiger partial charge in [-0.3, -0.25) is 4.79 Å². The van der Waals surface area contributed by atoms with Crippen LogP contribution in [0.15, 0.2) is 12.4 Å². The second-order valence-corrected chi connectivity index (χ2v) is 4.66. The molecule has 5 heteroatoms. The van der Waals surface area contributed by atoms with Gasteiger partial charge in [0, 0.05) is 30.8 Å². The molecule has 1 saturated carbocycles. The van der Waals surface area contributed by atoms with E-state index in [0.717, 1.165) is 37.2 Å². The fraction of sp³-hybridized carbons (Fsp3) is 0.615. The van der Waals surface area contributed by atoms with Crippen molar-refractivity contribution in [3.8, 4) is 0 Å². The topological polar surface area (TPSA) is 66.9 Å². The van der Waals surface area contributed by atoms with E-state index >= 15 is 0 Å². The highest BCUT2D eigenvalue weighted by Crippen LogP contribution is 2.18. The zero-order valence-electron chi connectivity index (χ0n) is 10.8. The number of nitrogens with one attached hydrogen (secondary N) is 2. The number of carbonyl (C=O) groups excluding carboxylic acids is 1. The van der Waals surface area contributed by atoms with Crippen LogP contribution in [0.2, 0.25) is 0 Å². The van der Waals surface area contributed by atoms with Crippen molar-refractivity contribution < 1.29 is 4.79 Å². The van der Waals surface area contributed by atoms with Gasteiger partial charge in [-0.15, -0.1) is 0 Å². The minimum atomic E-state index is 0.118. The fourth-order valence-electron chi connectivity index (χ4n) is 1.72. The highest BCUT2D eigenvalue weighted by molar-refractivity contribution is 5.77. The fourth-order valence-corrected chi connectivity index (χ4v) is 1.72. The average molecular weight is 248 g/mol. The molecular weight excluding hydrogens is 228 g/mol. The van der Waals surface area contributed by atoms with Crippen molar-refractivity contribution in [3.63, 3.8) is 0 Å². The molecular formula is C13H20N4O. The number of aromatic nitrogens is 2. The molecule has 2 N–H and O–H groups in total. The maximum absolute atomic E-state index is 11.5. The largest absolute Gasteiger partial charge is 0.369 e. The molecule has 1 aromatic rings. The Kier molecular flexibility index (Phi) is 4.50. The number of hydrogen-bond acceptors (Lipinski definition) is 4. The van der Waals surface area contributed by atoms with Crippen molar-refractivity contribution in [1.29, 1.82) is 0 Å². The molecule has 0 saturated heterocycles. The van der Waals surface area contributed by atoms with Gasteiger partial charge in [-0.25, -0.2) is 9.97 Å². The van der Waals surface area contributed by atoms with Gasteiger partial charge in [0.1, 0.15) is 12.1 Å². The van der Waals surface area contributed by atoms with Crippen molar-refractivity contribution >= 4 is 11.7 Å². The van der Waals surface area contributed by atoms with Crippen LogP contribution in [-0.4, -0.2) is 28.5 Å². The molecule has 0 bridgehead atoms. The molecule has 1 fully saturated rings. The maximum atomic E-state index is 11.5. The minimum Gasteiger partial charge on any atom is -0.369 e. The van der Waals surface area contributed by atoms with Crippen LogP contribution in [-0.2, 0) is 11.2 Å². The van der Waals surface area contributed by atoms with E-state index in [9.17, 15) is 4.79 Å². The van der Waals surface area contributed by atoms with Crippen LogP contribution in [0.25, 0.3) is 0 Å². The molecule has 0 aromatic carbocycles. The Hall–Kier alpha value is -1.65. The van der Waals surface area contributed by atoms with Crippen LogP contribution >= 0.6 is 0 Å². The first-order valence-electron chi connectivity index (χ1n) is 6.62. The molecule has 0 spiro atoms. The SMILES string of the molecule is CCCc1cc(NCCC(=O)NC2CC2)ncn1. The van der Waals surface area contributed by atoms with E-state index in [1.54, 1.807) is 6.33 Å². The van der Waals surface area contributed by atoms with E-state index in [-0.39, 0.29) is 5.91 Å². The van der Waals surface area contributed by atoms with E-state index < -0.39 is 0 Å². The lowest BCUT2D eigenvalue weighted by Crippen LogP contribution is -2.27. The molecule has 2 rings (SSSR count). The Labute approximate surface area is 107 Å². The Morgan fingerprint density at radius 2 is 2.28 bits per heavy atom. The van der Waals surface area contributed by atoms with Gasteiger partial charge in [-0.2, -0.15) is 0 Å². The summed E-state index contributed by atoms with van der Waals surface area (Å²) in [4.78, 5) is 19.8. The van der Waals surface area contributed by atoms with Crippen LogP contribution in [0.1, 0.15) is 38.3 Å². The molecule has 5 nitrogen and oxygen atoms in total. The molecule has 98 valence electrons. The lowest BCUT2D eigenvalue weighted by molar-refractivity contribution is -0.120. The Morgan fingerprint density at radius 3 is 3.00 bits per heavy atom. The molecule has 0 radical (unpaired) electrons. The van der Waals surface area contributed by atoms with Crippen LogP contribution in [0.3, 0.4) is 0 Å². The van der Waals surface area contributed by atoms with Crippen molar-refractivity contribution in [2.75, 3.05) is 11.9 Å². The molecule has 1 aliphatic rings. The smallest absolute Gasteiger partial charge is 0.221 e. The van der Waals surface area contributed by atoms with Crippen molar-refractivity contribution in [1.82, 2.24) is 15.3 Å². The summed E-state index contributed by atoms with van der Waals surface area (Å²) < 4.78 is 0. The van der Waals surface area contributed by atoms with E-state index in [1.807, 2.05) is 6.07 Å². The minimum absolute atomic E-state index is 0.118. The van der Waals surface area contributed by atoms with Crippen LogP contribution < -0.4 is 10.6 Å².